The molecule has 0 spiro atoms. The van der Waals surface area contributed by atoms with Gasteiger partial charge >= 0.3 is 0 Å². The number of aliphatic hydroxyl groups excluding tert-OH is 1. The molecule has 1 saturated heterocycles. The van der Waals surface area contributed by atoms with Crippen molar-refractivity contribution in [3.05, 3.63) is 41.3 Å². The van der Waals surface area contributed by atoms with Crippen LogP contribution in [0.25, 0.3) is 10.9 Å². The van der Waals surface area contributed by atoms with Crippen molar-refractivity contribution in [1.82, 2.24) is 9.88 Å². The third-order valence-electron chi connectivity index (χ3n) is 6.13. The summed E-state index contributed by atoms with van der Waals surface area (Å²) in [6.07, 6.45) is 0.937. The normalized spacial score (nSPS) is 27.2. The van der Waals surface area contributed by atoms with E-state index in [2.05, 4.69) is 18.8 Å². The summed E-state index contributed by atoms with van der Waals surface area (Å²) in [5, 5.41) is 10.6. The Balaban J connectivity index is 1.72. The highest BCUT2D eigenvalue weighted by atomic mass is 19.1. The standard InChI is InChI=1S/C20H23FN2O2/c1-12-6-15(14-5-4-13(21)7-16(14)22-12)18(25)23-8-17-19(2,3)9-20(17,10-23)11-24/h4-7,17,24H,8-11H2,1-3H3/t17-,20-/m1/s1. The number of aromatic nitrogens is 1. The van der Waals surface area contributed by atoms with Crippen molar-refractivity contribution in [2.24, 2.45) is 16.7 Å². The summed E-state index contributed by atoms with van der Waals surface area (Å²) in [4.78, 5) is 19.4. The zero-order chi connectivity index (χ0) is 18.0. The lowest BCUT2D eigenvalue weighted by Crippen LogP contribution is -2.54. The Morgan fingerprint density at radius 1 is 1.40 bits per heavy atom. The van der Waals surface area contributed by atoms with Gasteiger partial charge in [0, 0.05) is 35.7 Å². The first-order valence-electron chi connectivity index (χ1n) is 8.73. The van der Waals surface area contributed by atoms with Crippen molar-refractivity contribution in [2.45, 2.75) is 27.2 Å². The van der Waals surface area contributed by atoms with Crippen molar-refractivity contribution in [1.29, 1.82) is 0 Å². The molecular weight excluding hydrogens is 319 g/mol. The van der Waals surface area contributed by atoms with Crippen LogP contribution in [0, 0.1) is 29.5 Å². The highest BCUT2D eigenvalue weighted by Crippen LogP contribution is 2.62. The molecule has 0 unspecified atom stereocenters. The maximum absolute atomic E-state index is 13.5. The molecule has 0 bridgehead atoms. The SMILES string of the molecule is Cc1cc(C(=O)N2C[C@@H]3C(C)(C)C[C@]3(CO)C2)c2ccc(F)cc2n1. The summed E-state index contributed by atoms with van der Waals surface area (Å²) < 4.78 is 13.5. The quantitative estimate of drug-likeness (QED) is 0.912. The molecule has 2 aromatic rings. The minimum Gasteiger partial charge on any atom is -0.396 e. The Bertz CT molecular complexity index is 874. The second-order valence-corrected chi connectivity index (χ2v) is 8.40. The molecule has 2 atom stereocenters. The molecular formula is C20H23FN2O2. The van der Waals surface area contributed by atoms with E-state index in [0.29, 0.717) is 41.2 Å². The monoisotopic (exact) mass is 342 g/mol. The number of amides is 1. The Morgan fingerprint density at radius 2 is 2.16 bits per heavy atom. The van der Waals surface area contributed by atoms with Gasteiger partial charge in [0.25, 0.3) is 5.91 Å². The Morgan fingerprint density at radius 3 is 2.80 bits per heavy atom. The fraction of sp³-hybridized carbons (Fsp3) is 0.500. The molecule has 4 rings (SSSR count). The lowest BCUT2D eigenvalue weighted by atomic mass is 9.48. The Hall–Kier alpha value is -2.01. The number of aliphatic hydroxyl groups is 1. The molecule has 2 fully saturated rings. The Kier molecular flexibility index (Phi) is 3.45. The number of rotatable bonds is 2. The van der Waals surface area contributed by atoms with E-state index in [1.165, 1.54) is 12.1 Å². The number of carbonyl (C=O) groups excluding carboxylic acids is 1. The van der Waals surface area contributed by atoms with Gasteiger partial charge < -0.3 is 10.0 Å². The van der Waals surface area contributed by atoms with Gasteiger partial charge in [-0.3, -0.25) is 9.78 Å². The van der Waals surface area contributed by atoms with Crippen LogP contribution < -0.4 is 0 Å². The molecule has 1 aromatic heterocycles. The summed E-state index contributed by atoms with van der Waals surface area (Å²) in [7, 11) is 0. The molecule has 132 valence electrons. The van der Waals surface area contributed by atoms with Crippen molar-refractivity contribution < 1.29 is 14.3 Å². The zero-order valence-corrected chi connectivity index (χ0v) is 14.8. The van der Waals surface area contributed by atoms with Gasteiger partial charge in [-0.15, -0.1) is 0 Å². The van der Waals surface area contributed by atoms with Gasteiger partial charge in [-0.25, -0.2) is 4.39 Å². The molecule has 0 radical (unpaired) electrons. The first-order chi connectivity index (χ1) is 11.8. The number of hydrogen-bond acceptors (Lipinski definition) is 3. The van der Waals surface area contributed by atoms with E-state index >= 15 is 0 Å². The first kappa shape index (κ1) is 16.5. The first-order valence-corrected chi connectivity index (χ1v) is 8.73. The molecule has 5 heteroatoms. The number of likely N-dealkylation sites (tertiary alicyclic amines) is 1. The number of benzene rings is 1. The average molecular weight is 342 g/mol. The largest absolute Gasteiger partial charge is 0.396 e. The van der Waals surface area contributed by atoms with Gasteiger partial charge in [-0.2, -0.15) is 0 Å². The van der Waals surface area contributed by atoms with Crippen LogP contribution in [0.15, 0.2) is 24.3 Å². The molecule has 1 N–H and O–H groups in total. The zero-order valence-electron chi connectivity index (χ0n) is 14.8. The minimum atomic E-state index is -0.357. The van der Waals surface area contributed by atoms with E-state index in [1.807, 2.05) is 11.8 Å². The summed E-state index contributed by atoms with van der Waals surface area (Å²) in [5.74, 6) is -0.0927. The second kappa shape index (κ2) is 5.24. The predicted octanol–water partition coefficient (Wildman–Crippen LogP) is 3.16. The fourth-order valence-corrected chi connectivity index (χ4v) is 5.18. The fourth-order valence-electron chi connectivity index (χ4n) is 5.18. The van der Waals surface area contributed by atoms with Crippen LogP contribution >= 0.6 is 0 Å². The van der Waals surface area contributed by atoms with Crippen molar-refractivity contribution >= 4 is 16.8 Å². The molecule has 4 nitrogen and oxygen atoms in total. The van der Waals surface area contributed by atoms with Crippen LogP contribution in [0.5, 0.6) is 0 Å². The smallest absolute Gasteiger partial charge is 0.254 e. The number of halogens is 1. The van der Waals surface area contributed by atoms with E-state index in [9.17, 15) is 14.3 Å². The van der Waals surface area contributed by atoms with Crippen LogP contribution in [0.2, 0.25) is 0 Å². The van der Waals surface area contributed by atoms with E-state index in [1.54, 1.807) is 12.1 Å². The molecule has 2 aliphatic rings. The average Bonchev–Trinajstić information content (AvgIpc) is 2.88. The lowest BCUT2D eigenvalue weighted by molar-refractivity contribution is -0.0976. The Labute approximate surface area is 146 Å². The third kappa shape index (κ3) is 2.36. The molecule has 1 aliphatic heterocycles. The second-order valence-electron chi connectivity index (χ2n) is 8.40. The van der Waals surface area contributed by atoms with Gasteiger partial charge in [0.05, 0.1) is 17.7 Å². The van der Waals surface area contributed by atoms with Gasteiger partial charge in [0.15, 0.2) is 0 Å². The maximum atomic E-state index is 13.5. The van der Waals surface area contributed by atoms with Gasteiger partial charge in [0.1, 0.15) is 5.82 Å². The van der Waals surface area contributed by atoms with Crippen LogP contribution in [-0.2, 0) is 0 Å². The van der Waals surface area contributed by atoms with E-state index in [4.69, 9.17) is 0 Å². The van der Waals surface area contributed by atoms with Crippen LogP contribution in [-0.4, -0.2) is 40.6 Å². The number of aryl methyl sites for hydroxylation is 1. The third-order valence-corrected chi connectivity index (χ3v) is 6.13. The van der Waals surface area contributed by atoms with Gasteiger partial charge in [-0.05, 0) is 42.9 Å². The molecule has 1 saturated carbocycles. The minimum absolute atomic E-state index is 0.0554. The van der Waals surface area contributed by atoms with Crippen LogP contribution in [0.3, 0.4) is 0 Å². The van der Waals surface area contributed by atoms with Crippen LogP contribution in [0.1, 0.15) is 36.3 Å². The molecule has 25 heavy (non-hydrogen) atoms. The van der Waals surface area contributed by atoms with Crippen LogP contribution in [0.4, 0.5) is 4.39 Å². The summed E-state index contributed by atoms with van der Waals surface area (Å²) in [6.45, 7) is 7.58. The number of nitrogens with zero attached hydrogens (tertiary/aromatic N) is 2. The number of pyridine rings is 1. The van der Waals surface area contributed by atoms with E-state index in [0.717, 1.165) is 6.42 Å². The highest BCUT2D eigenvalue weighted by Gasteiger charge is 2.63. The van der Waals surface area contributed by atoms with Crippen molar-refractivity contribution in [3.63, 3.8) is 0 Å². The summed E-state index contributed by atoms with van der Waals surface area (Å²) >= 11 is 0. The van der Waals surface area contributed by atoms with Crippen molar-refractivity contribution in [3.8, 4) is 0 Å². The molecule has 1 amide bonds. The highest BCUT2D eigenvalue weighted by molar-refractivity contribution is 6.06. The molecule has 2 heterocycles. The van der Waals surface area contributed by atoms with Crippen molar-refractivity contribution in [2.75, 3.05) is 19.7 Å². The number of hydrogen-bond donors (Lipinski definition) is 1. The predicted molar refractivity (Wildman–Crippen MR) is 93.7 cm³/mol. The number of carbonyl (C=O) groups is 1. The van der Waals surface area contributed by atoms with Gasteiger partial charge in [0.2, 0.25) is 0 Å². The maximum Gasteiger partial charge on any atom is 0.254 e. The summed E-state index contributed by atoms with van der Waals surface area (Å²) in [5.41, 5.74) is 1.75. The lowest BCUT2D eigenvalue weighted by Gasteiger charge is -2.55. The van der Waals surface area contributed by atoms with E-state index < -0.39 is 0 Å². The molecule has 1 aromatic carbocycles. The van der Waals surface area contributed by atoms with Gasteiger partial charge in [-0.1, -0.05) is 13.8 Å². The number of fused-ring (bicyclic) bond motifs is 2. The van der Waals surface area contributed by atoms with E-state index in [-0.39, 0.29) is 29.2 Å². The topological polar surface area (TPSA) is 53.4 Å². The molecule has 1 aliphatic carbocycles. The summed E-state index contributed by atoms with van der Waals surface area (Å²) in [6, 6.07) is 6.13.